The Labute approximate surface area is 59.7 Å². The van der Waals surface area contributed by atoms with E-state index in [1.165, 1.54) is 0 Å². The van der Waals surface area contributed by atoms with E-state index in [2.05, 4.69) is 20.8 Å². The fourth-order valence-electron chi connectivity index (χ4n) is 0.530. The third kappa shape index (κ3) is 8.15. The Morgan fingerprint density at radius 1 is 1.33 bits per heavy atom. The lowest BCUT2D eigenvalue weighted by atomic mass is 10.2. The summed E-state index contributed by atoms with van der Waals surface area (Å²) in [6, 6.07) is 1.06. The maximum absolute atomic E-state index is 11.6. The average Bonchev–Trinajstić information content (AvgIpc) is 1.63. The molecule has 0 aromatic heterocycles. The molecule has 0 aliphatic heterocycles. The first kappa shape index (κ1) is 9.15. The first-order chi connectivity index (χ1) is 4.06. The van der Waals surface area contributed by atoms with Crippen LogP contribution in [0.25, 0.3) is 0 Å². The predicted octanol–water partition coefficient (Wildman–Crippen LogP) is 2.69. The number of hydrogen-bond acceptors (Lipinski definition) is 0. The van der Waals surface area contributed by atoms with Gasteiger partial charge in [0.15, 0.2) is 0 Å². The molecule has 0 aliphatic carbocycles. The van der Waals surface area contributed by atoms with Crippen LogP contribution in [0.15, 0.2) is 0 Å². The third-order valence-electron chi connectivity index (χ3n) is 0.966. The largest absolute Gasteiger partial charge is 0.251 e. The summed E-state index contributed by atoms with van der Waals surface area (Å²) in [7, 11) is 0.908. The van der Waals surface area contributed by atoms with Gasteiger partial charge in [-0.25, -0.2) is 0 Å². The van der Waals surface area contributed by atoms with Crippen molar-refractivity contribution in [3.63, 3.8) is 0 Å². The summed E-state index contributed by atoms with van der Waals surface area (Å²) < 4.78 is 11.6. The van der Waals surface area contributed by atoms with Crippen molar-refractivity contribution < 1.29 is 4.39 Å². The zero-order chi connectivity index (χ0) is 7.33. The zero-order valence-electron chi connectivity index (χ0n) is 6.50. The van der Waals surface area contributed by atoms with Gasteiger partial charge in [-0.1, -0.05) is 26.8 Å². The molecule has 0 atom stereocenters. The standard InChI is InChI=1S/C7H15FSi/c1-7(2,3)9-6-4-5-8/h4-6H2,1-3H3. The molecule has 0 rings (SSSR count). The molecular formula is C7H15FSi. The number of rotatable bonds is 3. The van der Waals surface area contributed by atoms with Crippen LogP contribution < -0.4 is 0 Å². The van der Waals surface area contributed by atoms with Gasteiger partial charge < -0.3 is 0 Å². The number of hydrogen-bond donors (Lipinski definition) is 0. The van der Waals surface area contributed by atoms with E-state index in [-0.39, 0.29) is 6.67 Å². The molecule has 0 fully saturated rings. The van der Waals surface area contributed by atoms with Gasteiger partial charge >= 0.3 is 0 Å². The van der Waals surface area contributed by atoms with E-state index in [0.717, 1.165) is 22.0 Å². The van der Waals surface area contributed by atoms with E-state index in [4.69, 9.17) is 0 Å². The van der Waals surface area contributed by atoms with Crippen LogP contribution in [0, 0.1) is 0 Å². The fourth-order valence-corrected chi connectivity index (χ4v) is 1.59. The fraction of sp³-hybridized carbons (Fsp3) is 1.00. The van der Waals surface area contributed by atoms with E-state index in [9.17, 15) is 4.39 Å². The van der Waals surface area contributed by atoms with Gasteiger partial charge in [0.2, 0.25) is 0 Å². The molecule has 0 heterocycles. The molecule has 0 bridgehead atoms. The minimum atomic E-state index is -0.150. The summed E-state index contributed by atoms with van der Waals surface area (Å²) in [5.74, 6) is 0. The highest BCUT2D eigenvalue weighted by molar-refractivity contribution is 6.39. The number of alkyl halides is 1. The second-order valence-corrected chi connectivity index (χ2v) is 5.57. The summed E-state index contributed by atoms with van der Waals surface area (Å²) in [4.78, 5) is 0. The van der Waals surface area contributed by atoms with Crippen molar-refractivity contribution in [2.75, 3.05) is 6.67 Å². The normalized spacial score (nSPS) is 12.0. The molecule has 0 nitrogen and oxygen atoms in total. The second kappa shape index (κ2) is 4.04. The van der Waals surface area contributed by atoms with Gasteiger partial charge in [-0.15, -0.1) is 0 Å². The van der Waals surface area contributed by atoms with Crippen molar-refractivity contribution in [3.05, 3.63) is 0 Å². The molecule has 0 aliphatic rings. The second-order valence-electron chi connectivity index (χ2n) is 3.22. The quantitative estimate of drug-likeness (QED) is 0.424. The Morgan fingerprint density at radius 3 is 2.22 bits per heavy atom. The highest BCUT2D eigenvalue weighted by Crippen LogP contribution is 2.21. The summed E-state index contributed by atoms with van der Waals surface area (Å²) in [5, 5.41) is 0.412. The minimum Gasteiger partial charge on any atom is -0.251 e. The van der Waals surface area contributed by atoms with Crippen molar-refractivity contribution in [1.29, 1.82) is 0 Å². The van der Waals surface area contributed by atoms with E-state index in [1.807, 2.05) is 0 Å². The van der Waals surface area contributed by atoms with E-state index < -0.39 is 0 Å². The first-order valence-electron chi connectivity index (χ1n) is 3.37. The predicted molar refractivity (Wildman–Crippen MR) is 40.9 cm³/mol. The average molecular weight is 146 g/mol. The molecular weight excluding hydrogens is 131 g/mol. The van der Waals surface area contributed by atoms with Crippen LogP contribution in [-0.4, -0.2) is 16.2 Å². The summed E-state index contributed by atoms with van der Waals surface area (Å²) in [6.07, 6.45) is 0.746. The molecule has 0 N–H and O–H groups in total. The molecule has 54 valence electrons. The van der Waals surface area contributed by atoms with Crippen LogP contribution in [0.3, 0.4) is 0 Å². The SMILES string of the molecule is CC(C)(C)[Si]CCCF. The monoisotopic (exact) mass is 146 g/mol. The smallest absolute Gasteiger partial charge is 0.0891 e. The molecule has 9 heavy (non-hydrogen) atoms. The molecule has 0 amide bonds. The summed E-state index contributed by atoms with van der Waals surface area (Å²) in [5.41, 5.74) is 0. The lowest BCUT2D eigenvalue weighted by molar-refractivity contribution is 0.485. The topological polar surface area (TPSA) is 0 Å². The Morgan fingerprint density at radius 2 is 1.89 bits per heavy atom. The van der Waals surface area contributed by atoms with Crippen LogP contribution in [0.2, 0.25) is 11.1 Å². The van der Waals surface area contributed by atoms with Gasteiger partial charge in [0.1, 0.15) is 0 Å². The van der Waals surface area contributed by atoms with Crippen molar-refractivity contribution >= 4 is 9.52 Å². The van der Waals surface area contributed by atoms with Crippen LogP contribution >= 0.6 is 0 Å². The van der Waals surface area contributed by atoms with Crippen molar-refractivity contribution in [1.82, 2.24) is 0 Å². The highest BCUT2D eigenvalue weighted by Gasteiger charge is 2.09. The van der Waals surface area contributed by atoms with E-state index in [0.29, 0.717) is 5.04 Å². The lowest BCUT2D eigenvalue weighted by Gasteiger charge is -2.15. The van der Waals surface area contributed by atoms with Crippen LogP contribution in [0.5, 0.6) is 0 Å². The first-order valence-corrected chi connectivity index (χ1v) is 4.58. The Kier molecular flexibility index (Phi) is 4.11. The summed E-state index contributed by atoms with van der Waals surface area (Å²) >= 11 is 0. The van der Waals surface area contributed by atoms with Gasteiger partial charge in [0, 0.05) is 9.52 Å². The van der Waals surface area contributed by atoms with Gasteiger partial charge in [0.25, 0.3) is 0 Å². The van der Waals surface area contributed by atoms with E-state index >= 15 is 0 Å². The Balaban J connectivity index is 3.07. The Hall–Kier alpha value is 0.147. The molecule has 2 radical (unpaired) electrons. The molecule has 0 aromatic carbocycles. The summed E-state index contributed by atoms with van der Waals surface area (Å²) in [6.45, 7) is 6.44. The van der Waals surface area contributed by atoms with Gasteiger partial charge in [0.05, 0.1) is 6.67 Å². The maximum atomic E-state index is 11.6. The molecule has 0 saturated heterocycles. The zero-order valence-corrected chi connectivity index (χ0v) is 7.50. The highest BCUT2D eigenvalue weighted by atomic mass is 28.2. The van der Waals surface area contributed by atoms with Gasteiger partial charge in [-0.05, 0) is 11.5 Å². The molecule has 0 saturated carbocycles. The molecule has 0 spiro atoms. The van der Waals surface area contributed by atoms with Crippen LogP contribution in [0.1, 0.15) is 27.2 Å². The van der Waals surface area contributed by atoms with Crippen LogP contribution in [0.4, 0.5) is 4.39 Å². The third-order valence-corrected chi connectivity index (χ3v) is 2.63. The minimum absolute atomic E-state index is 0.150. The lowest BCUT2D eigenvalue weighted by Crippen LogP contribution is -2.07. The van der Waals surface area contributed by atoms with Crippen molar-refractivity contribution in [3.8, 4) is 0 Å². The van der Waals surface area contributed by atoms with Gasteiger partial charge in [-0.3, -0.25) is 4.39 Å². The number of halogens is 1. The van der Waals surface area contributed by atoms with Crippen molar-refractivity contribution in [2.24, 2.45) is 0 Å². The maximum Gasteiger partial charge on any atom is 0.0891 e. The molecule has 0 unspecified atom stereocenters. The van der Waals surface area contributed by atoms with Crippen molar-refractivity contribution in [2.45, 2.75) is 38.3 Å². The van der Waals surface area contributed by atoms with E-state index in [1.54, 1.807) is 0 Å². The molecule has 0 aromatic rings. The van der Waals surface area contributed by atoms with Gasteiger partial charge in [-0.2, -0.15) is 0 Å². The Bertz CT molecular complexity index is 65.8. The molecule has 2 heteroatoms. The van der Waals surface area contributed by atoms with Crippen LogP contribution in [-0.2, 0) is 0 Å².